The molecule has 1 heterocycles. The summed E-state index contributed by atoms with van der Waals surface area (Å²) in [7, 11) is 0. The van der Waals surface area contributed by atoms with Gasteiger partial charge in [-0.2, -0.15) is 0 Å². The number of nitrogens with one attached hydrogen (secondary N) is 3. The normalized spacial score (nSPS) is 15.1. The number of hydrogen-bond acceptors (Lipinski definition) is 3. The van der Waals surface area contributed by atoms with Gasteiger partial charge < -0.3 is 10.1 Å². The first-order chi connectivity index (χ1) is 11.6. The van der Waals surface area contributed by atoms with Crippen molar-refractivity contribution in [2.45, 2.75) is 19.1 Å². The van der Waals surface area contributed by atoms with Crippen LogP contribution in [0.3, 0.4) is 0 Å². The molecule has 1 aliphatic rings. The van der Waals surface area contributed by atoms with Crippen molar-refractivity contribution in [2.75, 3.05) is 0 Å². The third-order valence-electron chi connectivity index (χ3n) is 3.61. The van der Waals surface area contributed by atoms with Gasteiger partial charge >= 0.3 is 0 Å². The predicted octanol–water partition coefficient (Wildman–Crippen LogP) is 1.82. The number of para-hydroxylation sites is 1. The highest BCUT2D eigenvalue weighted by Gasteiger charge is 2.28. The number of thiocarbonyl (C=S) groups is 1. The summed E-state index contributed by atoms with van der Waals surface area (Å²) < 4.78 is 18.4. The molecule has 1 atom stereocenters. The summed E-state index contributed by atoms with van der Waals surface area (Å²) in [6.07, 6.45) is -0.0470. The fourth-order valence-electron chi connectivity index (χ4n) is 2.36. The molecule has 1 aliphatic heterocycles. The fraction of sp³-hybridized carbons (Fsp3) is 0.176. The lowest BCUT2D eigenvalue weighted by Gasteiger charge is -2.14. The van der Waals surface area contributed by atoms with Crippen LogP contribution < -0.4 is 20.9 Å². The molecule has 0 radical (unpaired) electrons. The van der Waals surface area contributed by atoms with Crippen LogP contribution in [0.15, 0.2) is 48.5 Å². The van der Waals surface area contributed by atoms with Crippen LogP contribution in [-0.2, 0) is 17.8 Å². The standard InChI is InChI=1S/C17H16FN3O2S/c18-13-7-5-11(6-8-13)10-19-17(24)21-20-16(22)15-9-12-3-1-2-4-14(12)23-15/h1-8,15H,9-10H2,(H,20,22)(H2,19,21,24)/t15-/m0/s1. The SMILES string of the molecule is O=C(NNC(=S)NCc1ccc(F)cc1)[C@@H]1Cc2ccccc2O1. The summed E-state index contributed by atoms with van der Waals surface area (Å²) in [6, 6.07) is 13.6. The Hall–Kier alpha value is -2.67. The molecule has 0 unspecified atom stereocenters. The van der Waals surface area contributed by atoms with Crippen molar-refractivity contribution in [1.29, 1.82) is 0 Å². The van der Waals surface area contributed by atoms with Crippen molar-refractivity contribution in [3.8, 4) is 5.75 Å². The van der Waals surface area contributed by atoms with E-state index in [-0.39, 0.29) is 16.8 Å². The maximum absolute atomic E-state index is 12.8. The zero-order valence-electron chi connectivity index (χ0n) is 12.7. The molecule has 0 saturated heterocycles. The average Bonchev–Trinajstić information content (AvgIpc) is 3.03. The largest absolute Gasteiger partial charge is 0.480 e. The van der Waals surface area contributed by atoms with E-state index in [0.29, 0.717) is 13.0 Å². The van der Waals surface area contributed by atoms with Crippen LogP contribution in [0, 0.1) is 5.82 Å². The first kappa shape index (κ1) is 16.2. The maximum Gasteiger partial charge on any atom is 0.279 e. The Bertz CT molecular complexity index is 727. The van der Waals surface area contributed by atoms with Crippen molar-refractivity contribution in [3.05, 3.63) is 65.5 Å². The van der Waals surface area contributed by atoms with Crippen LogP contribution >= 0.6 is 12.2 Å². The quantitative estimate of drug-likeness (QED) is 0.585. The van der Waals surface area contributed by atoms with E-state index in [1.165, 1.54) is 12.1 Å². The second kappa shape index (κ2) is 7.27. The number of amides is 1. The molecule has 2 aromatic rings. The van der Waals surface area contributed by atoms with Crippen LogP contribution in [-0.4, -0.2) is 17.1 Å². The van der Waals surface area contributed by atoms with Crippen LogP contribution in [0.2, 0.25) is 0 Å². The van der Waals surface area contributed by atoms with E-state index < -0.39 is 6.10 Å². The van der Waals surface area contributed by atoms with Gasteiger partial charge in [-0.15, -0.1) is 0 Å². The van der Waals surface area contributed by atoms with Crippen LogP contribution in [0.4, 0.5) is 4.39 Å². The Kier molecular flexibility index (Phi) is 4.90. The van der Waals surface area contributed by atoms with Gasteiger partial charge in [0.2, 0.25) is 0 Å². The van der Waals surface area contributed by atoms with Crippen molar-refractivity contribution in [3.63, 3.8) is 0 Å². The maximum atomic E-state index is 12.8. The molecule has 0 aromatic heterocycles. The molecular weight excluding hydrogens is 329 g/mol. The van der Waals surface area contributed by atoms with Gasteiger partial charge in [0.15, 0.2) is 11.2 Å². The van der Waals surface area contributed by atoms with Crippen LogP contribution in [0.5, 0.6) is 5.75 Å². The number of hydrazine groups is 1. The monoisotopic (exact) mass is 345 g/mol. The van der Waals surface area contributed by atoms with Crippen molar-refractivity contribution in [2.24, 2.45) is 0 Å². The van der Waals surface area contributed by atoms with Gasteiger partial charge in [-0.25, -0.2) is 4.39 Å². The summed E-state index contributed by atoms with van der Waals surface area (Å²) in [5.74, 6) is 0.149. The number of carbonyl (C=O) groups is 1. The number of hydrogen-bond donors (Lipinski definition) is 3. The molecule has 0 bridgehead atoms. The molecule has 0 spiro atoms. The average molecular weight is 345 g/mol. The van der Waals surface area contributed by atoms with Gasteiger partial charge in [-0.05, 0) is 41.5 Å². The van der Waals surface area contributed by atoms with E-state index in [1.54, 1.807) is 12.1 Å². The van der Waals surface area contributed by atoms with E-state index in [4.69, 9.17) is 17.0 Å². The summed E-state index contributed by atoms with van der Waals surface area (Å²) in [5, 5.41) is 3.19. The second-order valence-corrected chi connectivity index (χ2v) is 5.75. The highest BCUT2D eigenvalue weighted by Crippen LogP contribution is 2.27. The van der Waals surface area contributed by atoms with Gasteiger partial charge in [0.05, 0.1) is 0 Å². The summed E-state index contributed by atoms with van der Waals surface area (Å²) in [6.45, 7) is 0.424. The number of rotatable bonds is 3. The molecule has 0 saturated carbocycles. The molecule has 3 N–H and O–H groups in total. The van der Waals surface area contributed by atoms with Crippen LogP contribution in [0.1, 0.15) is 11.1 Å². The second-order valence-electron chi connectivity index (χ2n) is 5.34. The van der Waals surface area contributed by atoms with Gasteiger partial charge in [-0.3, -0.25) is 15.6 Å². The molecular formula is C17H16FN3O2S. The first-order valence-electron chi connectivity index (χ1n) is 7.44. The molecule has 0 aliphatic carbocycles. The Morgan fingerprint density at radius 1 is 1.17 bits per heavy atom. The molecule has 24 heavy (non-hydrogen) atoms. The predicted molar refractivity (Wildman–Crippen MR) is 91.7 cm³/mol. The number of carbonyl (C=O) groups excluding carboxylic acids is 1. The Morgan fingerprint density at radius 2 is 1.92 bits per heavy atom. The Balaban J connectivity index is 1.42. The van der Waals surface area contributed by atoms with Crippen LogP contribution in [0.25, 0.3) is 0 Å². The number of halogens is 1. The number of benzene rings is 2. The minimum atomic E-state index is -0.574. The number of fused-ring (bicyclic) bond motifs is 1. The Labute approximate surface area is 144 Å². The lowest BCUT2D eigenvalue weighted by molar-refractivity contribution is -0.127. The molecule has 124 valence electrons. The summed E-state index contributed by atoms with van der Waals surface area (Å²) in [5.41, 5.74) is 7.05. The minimum absolute atomic E-state index is 0.267. The van der Waals surface area contributed by atoms with E-state index in [1.807, 2.05) is 24.3 Å². The smallest absolute Gasteiger partial charge is 0.279 e. The molecule has 3 rings (SSSR count). The lowest BCUT2D eigenvalue weighted by Crippen LogP contribution is -2.50. The summed E-state index contributed by atoms with van der Waals surface area (Å²) in [4.78, 5) is 12.1. The highest BCUT2D eigenvalue weighted by molar-refractivity contribution is 7.80. The highest BCUT2D eigenvalue weighted by atomic mass is 32.1. The molecule has 0 fully saturated rings. The van der Waals surface area contributed by atoms with Crippen molar-refractivity contribution < 1.29 is 13.9 Å². The fourth-order valence-corrected chi connectivity index (χ4v) is 2.48. The first-order valence-corrected chi connectivity index (χ1v) is 7.85. The zero-order valence-corrected chi connectivity index (χ0v) is 13.5. The third-order valence-corrected chi connectivity index (χ3v) is 3.85. The minimum Gasteiger partial charge on any atom is -0.480 e. The van der Waals surface area contributed by atoms with E-state index in [9.17, 15) is 9.18 Å². The zero-order chi connectivity index (χ0) is 16.9. The lowest BCUT2D eigenvalue weighted by atomic mass is 10.1. The van der Waals surface area contributed by atoms with Crippen molar-refractivity contribution >= 4 is 23.2 Å². The topological polar surface area (TPSA) is 62.4 Å². The van der Waals surface area contributed by atoms with Crippen molar-refractivity contribution in [1.82, 2.24) is 16.2 Å². The molecule has 7 heteroatoms. The van der Waals surface area contributed by atoms with Gasteiger partial charge in [0, 0.05) is 13.0 Å². The van der Waals surface area contributed by atoms with E-state index in [2.05, 4.69) is 16.2 Å². The molecule has 2 aromatic carbocycles. The van der Waals surface area contributed by atoms with Gasteiger partial charge in [0.25, 0.3) is 5.91 Å². The number of ether oxygens (including phenoxy) is 1. The molecule has 1 amide bonds. The van der Waals surface area contributed by atoms with Gasteiger partial charge in [0.1, 0.15) is 11.6 Å². The Morgan fingerprint density at radius 3 is 2.67 bits per heavy atom. The van der Waals surface area contributed by atoms with E-state index in [0.717, 1.165) is 16.9 Å². The summed E-state index contributed by atoms with van der Waals surface area (Å²) >= 11 is 5.09. The van der Waals surface area contributed by atoms with E-state index >= 15 is 0 Å². The third kappa shape index (κ3) is 3.99. The molecule has 5 nitrogen and oxygen atoms in total. The van der Waals surface area contributed by atoms with Gasteiger partial charge in [-0.1, -0.05) is 30.3 Å².